The molecular formula is C19H23F3N6O. The molecule has 2 aromatic heterocycles. The van der Waals surface area contributed by atoms with Gasteiger partial charge in [0.25, 0.3) is 5.56 Å². The lowest BCUT2D eigenvalue weighted by atomic mass is 10.0. The Morgan fingerprint density at radius 1 is 1.14 bits per heavy atom. The molecule has 156 valence electrons. The molecule has 0 aromatic carbocycles. The van der Waals surface area contributed by atoms with Crippen molar-refractivity contribution in [2.75, 3.05) is 18.0 Å². The summed E-state index contributed by atoms with van der Waals surface area (Å²) in [6.07, 6.45) is 1.71. The van der Waals surface area contributed by atoms with Gasteiger partial charge in [-0.25, -0.2) is 14.6 Å². The molecule has 0 amide bonds. The van der Waals surface area contributed by atoms with Crippen molar-refractivity contribution >= 4 is 5.82 Å². The molecule has 0 N–H and O–H groups in total. The Balaban J connectivity index is 1.45. The van der Waals surface area contributed by atoms with E-state index in [9.17, 15) is 18.0 Å². The molecule has 1 saturated carbocycles. The van der Waals surface area contributed by atoms with E-state index in [1.807, 2.05) is 0 Å². The van der Waals surface area contributed by atoms with Gasteiger partial charge in [0, 0.05) is 56.6 Å². The van der Waals surface area contributed by atoms with E-state index in [2.05, 4.69) is 24.9 Å². The van der Waals surface area contributed by atoms with E-state index in [0.29, 0.717) is 17.9 Å². The fourth-order valence-electron chi connectivity index (χ4n) is 3.94. The standard InChI is InChI=1S/C19H23F3N6O/c1-26-18(29)13(4-7-25-26)11-27-8-5-15(6-9-27)28(14-2-3-14)17-10-16(19(20,21)22)23-12-24-17/h4,7,10,12,14-15H,2-3,5-6,8-9,11H2,1H3. The number of likely N-dealkylation sites (tertiary alicyclic amines) is 1. The van der Waals surface area contributed by atoms with Crippen molar-refractivity contribution in [1.29, 1.82) is 0 Å². The number of halogens is 3. The van der Waals surface area contributed by atoms with Gasteiger partial charge in [0.1, 0.15) is 17.8 Å². The summed E-state index contributed by atoms with van der Waals surface area (Å²) >= 11 is 0. The minimum atomic E-state index is -4.48. The SMILES string of the molecule is Cn1nccc(CN2CCC(N(c3cc(C(F)(F)F)ncn3)C3CC3)CC2)c1=O. The largest absolute Gasteiger partial charge is 0.433 e. The molecular weight excluding hydrogens is 385 g/mol. The summed E-state index contributed by atoms with van der Waals surface area (Å²) in [6, 6.07) is 3.18. The average molecular weight is 408 g/mol. The minimum Gasteiger partial charge on any atom is -0.350 e. The number of nitrogens with zero attached hydrogens (tertiary/aromatic N) is 6. The van der Waals surface area contributed by atoms with E-state index in [1.165, 1.54) is 4.68 Å². The van der Waals surface area contributed by atoms with Crippen LogP contribution in [0.15, 0.2) is 29.5 Å². The van der Waals surface area contributed by atoms with Gasteiger partial charge in [-0.3, -0.25) is 9.69 Å². The van der Waals surface area contributed by atoms with Crippen molar-refractivity contribution in [3.05, 3.63) is 46.3 Å². The zero-order valence-corrected chi connectivity index (χ0v) is 16.1. The van der Waals surface area contributed by atoms with Crippen molar-refractivity contribution in [3.63, 3.8) is 0 Å². The van der Waals surface area contributed by atoms with Gasteiger partial charge in [-0.15, -0.1) is 0 Å². The highest BCUT2D eigenvalue weighted by molar-refractivity contribution is 5.44. The summed E-state index contributed by atoms with van der Waals surface area (Å²) in [5.41, 5.74) is -0.306. The molecule has 1 aliphatic carbocycles. The fourth-order valence-corrected chi connectivity index (χ4v) is 3.94. The number of hydrogen-bond donors (Lipinski definition) is 0. The fraction of sp³-hybridized carbons (Fsp3) is 0.579. The minimum absolute atomic E-state index is 0.102. The lowest BCUT2D eigenvalue weighted by Gasteiger charge is -2.39. The summed E-state index contributed by atoms with van der Waals surface area (Å²) in [7, 11) is 1.63. The van der Waals surface area contributed by atoms with Gasteiger partial charge in [-0.2, -0.15) is 18.3 Å². The van der Waals surface area contributed by atoms with Crippen molar-refractivity contribution in [3.8, 4) is 0 Å². The van der Waals surface area contributed by atoms with Gasteiger partial charge in [0.05, 0.1) is 0 Å². The first-order valence-corrected chi connectivity index (χ1v) is 9.74. The van der Waals surface area contributed by atoms with Crippen LogP contribution in [0.1, 0.15) is 36.9 Å². The number of anilines is 1. The van der Waals surface area contributed by atoms with Crippen LogP contribution >= 0.6 is 0 Å². The summed E-state index contributed by atoms with van der Waals surface area (Å²) in [5.74, 6) is 0.358. The lowest BCUT2D eigenvalue weighted by molar-refractivity contribution is -0.141. The maximum atomic E-state index is 13.1. The molecule has 2 aliphatic rings. The highest BCUT2D eigenvalue weighted by Gasteiger charge is 2.39. The van der Waals surface area contributed by atoms with E-state index in [4.69, 9.17) is 0 Å². The van der Waals surface area contributed by atoms with Crippen LogP contribution in [0.5, 0.6) is 0 Å². The Morgan fingerprint density at radius 2 is 1.83 bits per heavy atom. The van der Waals surface area contributed by atoms with E-state index >= 15 is 0 Å². The zero-order chi connectivity index (χ0) is 20.6. The Morgan fingerprint density at radius 3 is 2.48 bits per heavy atom. The van der Waals surface area contributed by atoms with Crippen LogP contribution < -0.4 is 10.5 Å². The van der Waals surface area contributed by atoms with Crippen LogP contribution in [0.4, 0.5) is 19.0 Å². The van der Waals surface area contributed by atoms with E-state index in [0.717, 1.165) is 51.2 Å². The van der Waals surface area contributed by atoms with Crippen LogP contribution in [0, 0.1) is 0 Å². The van der Waals surface area contributed by atoms with E-state index in [-0.39, 0.29) is 17.6 Å². The summed E-state index contributed by atoms with van der Waals surface area (Å²) in [5, 5.41) is 3.94. The summed E-state index contributed by atoms with van der Waals surface area (Å²) < 4.78 is 40.5. The number of hydrogen-bond acceptors (Lipinski definition) is 6. The highest BCUT2D eigenvalue weighted by Crippen LogP contribution is 2.37. The van der Waals surface area contributed by atoms with Crippen LogP contribution in [0.25, 0.3) is 0 Å². The summed E-state index contributed by atoms with van der Waals surface area (Å²) in [6.45, 7) is 2.10. The molecule has 4 rings (SSSR count). The maximum absolute atomic E-state index is 13.1. The number of alkyl halides is 3. The Labute approximate surface area is 166 Å². The zero-order valence-electron chi connectivity index (χ0n) is 16.1. The second kappa shape index (κ2) is 7.74. The van der Waals surface area contributed by atoms with Crippen molar-refractivity contribution < 1.29 is 13.2 Å². The normalized spacial score (nSPS) is 18.8. The number of piperidine rings is 1. The third kappa shape index (κ3) is 4.42. The van der Waals surface area contributed by atoms with Crippen LogP contribution in [0.2, 0.25) is 0 Å². The Hall–Kier alpha value is -2.49. The topological polar surface area (TPSA) is 67.2 Å². The van der Waals surface area contributed by atoms with E-state index < -0.39 is 11.9 Å². The van der Waals surface area contributed by atoms with Crippen molar-refractivity contribution in [2.24, 2.45) is 7.05 Å². The Kier molecular flexibility index (Phi) is 5.28. The number of aryl methyl sites for hydroxylation is 1. The third-order valence-corrected chi connectivity index (χ3v) is 5.58. The first-order valence-electron chi connectivity index (χ1n) is 9.74. The summed E-state index contributed by atoms with van der Waals surface area (Å²) in [4.78, 5) is 24.0. The second-order valence-electron chi connectivity index (χ2n) is 7.69. The smallest absolute Gasteiger partial charge is 0.350 e. The van der Waals surface area contributed by atoms with Gasteiger partial charge < -0.3 is 4.90 Å². The molecule has 3 heterocycles. The quantitative estimate of drug-likeness (QED) is 0.756. The van der Waals surface area contributed by atoms with Crippen LogP contribution in [-0.4, -0.2) is 49.8 Å². The number of rotatable bonds is 5. The Bertz CT molecular complexity index is 919. The maximum Gasteiger partial charge on any atom is 0.433 e. The predicted octanol–water partition coefficient (Wildman–Crippen LogP) is 2.22. The third-order valence-electron chi connectivity index (χ3n) is 5.58. The lowest BCUT2D eigenvalue weighted by Crippen LogP contribution is -2.46. The first-order chi connectivity index (χ1) is 13.8. The molecule has 29 heavy (non-hydrogen) atoms. The molecule has 10 heteroatoms. The highest BCUT2D eigenvalue weighted by atomic mass is 19.4. The van der Waals surface area contributed by atoms with Gasteiger partial charge in [0.15, 0.2) is 0 Å². The monoisotopic (exact) mass is 408 g/mol. The second-order valence-corrected chi connectivity index (χ2v) is 7.69. The van der Waals surface area contributed by atoms with Gasteiger partial charge in [-0.05, 0) is 31.7 Å². The molecule has 0 unspecified atom stereocenters. The van der Waals surface area contributed by atoms with Crippen molar-refractivity contribution in [2.45, 2.75) is 50.5 Å². The first kappa shape index (κ1) is 19.8. The molecule has 0 spiro atoms. The van der Waals surface area contributed by atoms with Gasteiger partial charge in [-0.1, -0.05) is 0 Å². The van der Waals surface area contributed by atoms with Gasteiger partial charge in [0.2, 0.25) is 0 Å². The molecule has 2 fully saturated rings. The van der Waals surface area contributed by atoms with Gasteiger partial charge >= 0.3 is 6.18 Å². The molecule has 2 aromatic rings. The van der Waals surface area contributed by atoms with E-state index in [1.54, 1.807) is 19.3 Å². The molecule has 7 nitrogen and oxygen atoms in total. The molecule has 1 aliphatic heterocycles. The number of aromatic nitrogens is 4. The van der Waals surface area contributed by atoms with Crippen molar-refractivity contribution in [1.82, 2.24) is 24.6 Å². The molecule has 0 bridgehead atoms. The molecule has 1 saturated heterocycles. The molecule has 0 atom stereocenters. The van der Waals surface area contributed by atoms with Crippen LogP contribution in [-0.2, 0) is 19.8 Å². The average Bonchev–Trinajstić information content (AvgIpc) is 3.52. The molecule has 0 radical (unpaired) electrons. The predicted molar refractivity (Wildman–Crippen MR) is 100 cm³/mol. The van der Waals surface area contributed by atoms with Crippen LogP contribution in [0.3, 0.4) is 0 Å².